The molecule has 0 spiro atoms. The Labute approximate surface area is 95.8 Å². The van der Waals surface area contributed by atoms with E-state index in [1.165, 1.54) is 5.56 Å². The summed E-state index contributed by atoms with van der Waals surface area (Å²) in [5.74, 6) is 0.727. The fourth-order valence-electron chi connectivity index (χ4n) is 1.47. The Hall–Kier alpha value is -1.51. The van der Waals surface area contributed by atoms with Crippen molar-refractivity contribution < 1.29 is 9.53 Å². The van der Waals surface area contributed by atoms with E-state index in [4.69, 9.17) is 4.74 Å². The Kier molecular flexibility index (Phi) is 3.44. The third kappa shape index (κ3) is 3.26. The van der Waals surface area contributed by atoms with Crippen LogP contribution in [-0.2, 0) is 11.2 Å². The summed E-state index contributed by atoms with van der Waals surface area (Å²) >= 11 is 0. The molecule has 16 heavy (non-hydrogen) atoms. The Morgan fingerprint density at radius 2 is 2.06 bits per heavy atom. The molecule has 3 heteroatoms. The zero-order valence-electron chi connectivity index (χ0n) is 9.53. The van der Waals surface area contributed by atoms with Crippen molar-refractivity contribution in [3.8, 4) is 5.75 Å². The van der Waals surface area contributed by atoms with Crippen molar-refractivity contribution >= 4 is 5.91 Å². The number of amides is 1. The summed E-state index contributed by atoms with van der Waals surface area (Å²) in [7, 11) is 0. The van der Waals surface area contributed by atoms with Crippen LogP contribution in [0.1, 0.15) is 25.3 Å². The van der Waals surface area contributed by atoms with E-state index in [2.05, 4.69) is 12.2 Å². The van der Waals surface area contributed by atoms with Crippen LogP contribution < -0.4 is 10.1 Å². The maximum atomic E-state index is 11.4. The number of benzene rings is 1. The zero-order chi connectivity index (χ0) is 11.4. The fourth-order valence-corrected chi connectivity index (χ4v) is 1.47. The average Bonchev–Trinajstić information content (AvgIpc) is 3.11. The summed E-state index contributed by atoms with van der Waals surface area (Å²) in [6, 6.07) is 8.26. The summed E-state index contributed by atoms with van der Waals surface area (Å²) in [4.78, 5) is 11.4. The topological polar surface area (TPSA) is 38.3 Å². The summed E-state index contributed by atoms with van der Waals surface area (Å²) in [5.41, 5.74) is 1.27. The van der Waals surface area contributed by atoms with Gasteiger partial charge in [0.15, 0.2) is 6.61 Å². The van der Waals surface area contributed by atoms with Gasteiger partial charge in [-0.1, -0.05) is 19.1 Å². The lowest BCUT2D eigenvalue weighted by Gasteiger charge is -2.07. The van der Waals surface area contributed by atoms with E-state index in [9.17, 15) is 4.79 Å². The van der Waals surface area contributed by atoms with Crippen LogP contribution in [0.15, 0.2) is 24.3 Å². The van der Waals surface area contributed by atoms with Gasteiger partial charge in [-0.15, -0.1) is 0 Å². The van der Waals surface area contributed by atoms with Gasteiger partial charge in [0, 0.05) is 6.04 Å². The molecule has 0 saturated heterocycles. The molecule has 1 aromatic carbocycles. The number of carbonyl (C=O) groups is 1. The highest BCUT2D eigenvalue weighted by molar-refractivity contribution is 5.78. The van der Waals surface area contributed by atoms with Crippen molar-refractivity contribution in [2.75, 3.05) is 6.61 Å². The summed E-state index contributed by atoms with van der Waals surface area (Å²) in [5, 5.41) is 2.88. The maximum Gasteiger partial charge on any atom is 0.258 e. The van der Waals surface area contributed by atoms with Crippen LogP contribution in [0.4, 0.5) is 0 Å². The van der Waals surface area contributed by atoms with Crippen LogP contribution in [-0.4, -0.2) is 18.6 Å². The van der Waals surface area contributed by atoms with Crippen molar-refractivity contribution in [1.29, 1.82) is 0 Å². The quantitative estimate of drug-likeness (QED) is 0.821. The SMILES string of the molecule is CCc1ccc(OCC(=O)NC2CC2)cc1. The molecule has 0 bridgehead atoms. The molecule has 0 unspecified atom stereocenters. The standard InChI is InChI=1S/C13H17NO2/c1-2-10-3-7-12(8-4-10)16-9-13(15)14-11-5-6-11/h3-4,7-8,11H,2,5-6,9H2,1H3,(H,14,15). The number of ether oxygens (including phenoxy) is 1. The number of hydrogen-bond donors (Lipinski definition) is 1. The number of rotatable bonds is 5. The zero-order valence-corrected chi connectivity index (χ0v) is 9.53. The van der Waals surface area contributed by atoms with Gasteiger partial charge in [0.25, 0.3) is 5.91 Å². The molecule has 0 atom stereocenters. The van der Waals surface area contributed by atoms with E-state index in [1.54, 1.807) is 0 Å². The van der Waals surface area contributed by atoms with Crippen molar-refractivity contribution in [3.05, 3.63) is 29.8 Å². The Morgan fingerprint density at radius 3 is 2.62 bits per heavy atom. The first-order chi connectivity index (χ1) is 7.78. The highest BCUT2D eigenvalue weighted by Gasteiger charge is 2.23. The molecule has 1 fully saturated rings. The van der Waals surface area contributed by atoms with Gasteiger partial charge in [-0.3, -0.25) is 4.79 Å². The van der Waals surface area contributed by atoms with E-state index in [1.807, 2.05) is 24.3 Å². The minimum absolute atomic E-state index is 0.0259. The molecule has 0 aliphatic heterocycles. The first-order valence-corrected chi connectivity index (χ1v) is 5.79. The van der Waals surface area contributed by atoms with Crippen LogP contribution in [0, 0.1) is 0 Å². The van der Waals surface area contributed by atoms with Crippen molar-refractivity contribution in [3.63, 3.8) is 0 Å². The Balaban J connectivity index is 1.76. The van der Waals surface area contributed by atoms with Gasteiger partial charge in [-0.05, 0) is 37.0 Å². The van der Waals surface area contributed by atoms with Gasteiger partial charge in [-0.25, -0.2) is 0 Å². The van der Waals surface area contributed by atoms with Crippen LogP contribution >= 0.6 is 0 Å². The fraction of sp³-hybridized carbons (Fsp3) is 0.462. The van der Waals surface area contributed by atoms with Crippen LogP contribution in [0.5, 0.6) is 5.75 Å². The van der Waals surface area contributed by atoms with Gasteiger partial charge in [0.1, 0.15) is 5.75 Å². The lowest BCUT2D eigenvalue weighted by Crippen LogP contribution is -2.30. The lowest BCUT2D eigenvalue weighted by molar-refractivity contribution is -0.123. The van der Waals surface area contributed by atoms with Crippen molar-refractivity contribution in [2.24, 2.45) is 0 Å². The van der Waals surface area contributed by atoms with Crippen LogP contribution in [0.25, 0.3) is 0 Å². The molecular formula is C13H17NO2. The van der Waals surface area contributed by atoms with E-state index in [-0.39, 0.29) is 12.5 Å². The molecule has 1 N–H and O–H groups in total. The first kappa shape index (κ1) is 11.0. The molecule has 2 rings (SSSR count). The highest BCUT2D eigenvalue weighted by atomic mass is 16.5. The molecule has 3 nitrogen and oxygen atoms in total. The average molecular weight is 219 g/mol. The predicted molar refractivity (Wildman–Crippen MR) is 62.5 cm³/mol. The second kappa shape index (κ2) is 5.01. The summed E-state index contributed by atoms with van der Waals surface area (Å²) < 4.78 is 5.38. The molecule has 1 aliphatic carbocycles. The number of aryl methyl sites for hydroxylation is 1. The largest absolute Gasteiger partial charge is 0.484 e. The van der Waals surface area contributed by atoms with Crippen molar-refractivity contribution in [1.82, 2.24) is 5.32 Å². The number of nitrogens with one attached hydrogen (secondary N) is 1. The van der Waals surface area contributed by atoms with E-state index >= 15 is 0 Å². The Bertz CT molecular complexity index is 355. The van der Waals surface area contributed by atoms with Crippen LogP contribution in [0.3, 0.4) is 0 Å². The second-order valence-electron chi connectivity index (χ2n) is 4.13. The minimum atomic E-state index is -0.0259. The number of hydrogen-bond acceptors (Lipinski definition) is 2. The minimum Gasteiger partial charge on any atom is -0.484 e. The number of carbonyl (C=O) groups excluding carboxylic acids is 1. The third-order valence-electron chi connectivity index (χ3n) is 2.64. The monoisotopic (exact) mass is 219 g/mol. The lowest BCUT2D eigenvalue weighted by atomic mass is 10.2. The van der Waals surface area contributed by atoms with Crippen LogP contribution in [0.2, 0.25) is 0 Å². The van der Waals surface area contributed by atoms with E-state index < -0.39 is 0 Å². The highest BCUT2D eigenvalue weighted by Crippen LogP contribution is 2.18. The van der Waals surface area contributed by atoms with Crippen molar-refractivity contribution in [2.45, 2.75) is 32.2 Å². The van der Waals surface area contributed by atoms with Gasteiger partial charge in [0.2, 0.25) is 0 Å². The van der Waals surface area contributed by atoms with E-state index in [0.29, 0.717) is 6.04 Å². The molecule has 1 aliphatic rings. The van der Waals surface area contributed by atoms with Gasteiger partial charge in [0.05, 0.1) is 0 Å². The van der Waals surface area contributed by atoms with E-state index in [0.717, 1.165) is 25.0 Å². The van der Waals surface area contributed by atoms with Gasteiger partial charge in [-0.2, -0.15) is 0 Å². The Morgan fingerprint density at radius 1 is 1.38 bits per heavy atom. The normalized spacial score (nSPS) is 14.6. The molecule has 0 aromatic heterocycles. The maximum absolute atomic E-state index is 11.4. The molecule has 1 aromatic rings. The van der Waals surface area contributed by atoms with Gasteiger partial charge >= 0.3 is 0 Å². The molecule has 0 radical (unpaired) electrons. The predicted octanol–water partition coefficient (Wildman–Crippen LogP) is 1.91. The molecule has 86 valence electrons. The second-order valence-corrected chi connectivity index (χ2v) is 4.13. The molecule has 1 amide bonds. The first-order valence-electron chi connectivity index (χ1n) is 5.79. The summed E-state index contributed by atoms with van der Waals surface area (Å²) in [6.45, 7) is 2.22. The summed E-state index contributed by atoms with van der Waals surface area (Å²) in [6.07, 6.45) is 3.23. The molecular weight excluding hydrogens is 202 g/mol. The van der Waals surface area contributed by atoms with Gasteiger partial charge < -0.3 is 10.1 Å². The molecule has 1 saturated carbocycles. The smallest absolute Gasteiger partial charge is 0.258 e. The third-order valence-corrected chi connectivity index (χ3v) is 2.64. The molecule has 0 heterocycles.